The number of amides is 1. The Labute approximate surface area is 149 Å². The molecule has 0 heterocycles. The molecular weight excluding hydrogens is 314 g/mol. The van der Waals surface area contributed by atoms with Gasteiger partial charge in [0.2, 0.25) is 0 Å². The summed E-state index contributed by atoms with van der Waals surface area (Å²) in [5.41, 5.74) is 4.72. The number of hydroxylamine groups is 1. The molecule has 25 heavy (non-hydrogen) atoms. The predicted octanol–water partition coefficient (Wildman–Crippen LogP) is 4.76. The lowest BCUT2D eigenvalue weighted by molar-refractivity contribution is -0.124. The van der Waals surface area contributed by atoms with E-state index in [-0.39, 0.29) is 13.5 Å². The predicted molar refractivity (Wildman–Crippen MR) is 102 cm³/mol. The highest BCUT2D eigenvalue weighted by molar-refractivity contribution is 5.86. The van der Waals surface area contributed by atoms with E-state index in [0.29, 0.717) is 0 Å². The van der Waals surface area contributed by atoms with E-state index in [1.165, 1.54) is 11.6 Å². The van der Waals surface area contributed by atoms with Crippen molar-refractivity contribution in [1.29, 1.82) is 0 Å². The maximum Gasteiger partial charge on any atom is 0.267 e. The number of benzene rings is 2. The Balaban J connectivity index is 0.00000312. The molecule has 4 nitrogen and oxygen atoms in total. The number of hydrogen-bond donors (Lipinski definition) is 2. The average Bonchev–Trinajstić information content (AvgIpc) is 2.61. The van der Waals surface area contributed by atoms with Gasteiger partial charge >= 0.3 is 0 Å². The summed E-state index contributed by atoms with van der Waals surface area (Å²) < 4.78 is 5.85. The van der Waals surface area contributed by atoms with Gasteiger partial charge in [0.25, 0.3) is 5.91 Å². The van der Waals surface area contributed by atoms with Gasteiger partial charge in [-0.1, -0.05) is 61.5 Å². The molecule has 0 unspecified atom stereocenters. The van der Waals surface area contributed by atoms with Crippen molar-refractivity contribution in [2.75, 3.05) is 0 Å². The Morgan fingerprint density at radius 3 is 2.24 bits per heavy atom. The zero-order valence-electron chi connectivity index (χ0n) is 13.8. The van der Waals surface area contributed by atoms with Gasteiger partial charge in [-0.15, -0.1) is 0 Å². The third kappa shape index (κ3) is 6.65. The molecule has 0 fully saturated rings. The zero-order valence-corrected chi connectivity index (χ0v) is 13.8. The second-order valence-corrected chi connectivity index (χ2v) is 5.43. The van der Waals surface area contributed by atoms with Crippen LogP contribution in [0.15, 0.2) is 78.4 Å². The number of carbonyl (C=O) groups is 1. The van der Waals surface area contributed by atoms with Crippen molar-refractivity contribution in [1.82, 2.24) is 5.48 Å². The van der Waals surface area contributed by atoms with Gasteiger partial charge in [0.1, 0.15) is 11.9 Å². The first-order valence-electron chi connectivity index (χ1n) is 7.71. The number of nitrogens with one attached hydrogen (secondary N) is 1. The average molecular weight is 339 g/mol. The lowest BCUT2D eigenvalue weighted by atomic mass is 10.1. The molecule has 0 aliphatic carbocycles. The molecule has 4 heteroatoms. The molecule has 1 amide bonds. The third-order valence-corrected chi connectivity index (χ3v) is 3.39. The molecule has 2 aromatic rings. The van der Waals surface area contributed by atoms with Crippen LogP contribution < -0.4 is 10.2 Å². The van der Waals surface area contributed by atoms with E-state index < -0.39 is 5.91 Å². The summed E-state index contributed by atoms with van der Waals surface area (Å²) in [6.45, 7) is 3.79. The maximum atomic E-state index is 10.9. The first kappa shape index (κ1) is 20.2. The van der Waals surface area contributed by atoms with Crippen LogP contribution in [0.2, 0.25) is 0 Å². The van der Waals surface area contributed by atoms with Gasteiger partial charge in [0, 0.05) is 6.08 Å². The Morgan fingerprint density at radius 2 is 1.64 bits per heavy atom. The van der Waals surface area contributed by atoms with Crippen molar-refractivity contribution in [3.8, 4) is 16.9 Å². The summed E-state index contributed by atoms with van der Waals surface area (Å²) in [6.07, 6.45) is 4.62. The Hall–Kier alpha value is -2.85. The molecule has 0 saturated heterocycles. The highest BCUT2D eigenvalue weighted by atomic mass is 16.5. The zero-order chi connectivity index (χ0) is 17.4. The van der Waals surface area contributed by atoms with E-state index in [9.17, 15) is 4.79 Å². The largest absolute Gasteiger partial charge is 0.487 e. The fourth-order valence-corrected chi connectivity index (χ4v) is 2.28. The normalized spacial score (nSPS) is 12.4. The molecule has 132 valence electrons. The van der Waals surface area contributed by atoms with Crippen LogP contribution in [0.3, 0.4) is 0 Å². The number of hydrogen-bond acceptors (Lipinski definition) is 3. The van der Waals surface area contributed by atoms with Gasteiger partial charge in [0.15, 0.2) is 0 Å². The summed E-state index contributed by atoms with van der Waals surface area (Å²) in [6, 6.07) is 18.1. The summed E-state index contributed by atoms with van der Waals surface area (Å²) in [4.78, 5) is 10.9. The van der Waals surface area contributed by atoms with Crippen LogP contribution in [0.4, 0.5) is 0 Å². The topological polar surface area (TPSA) is 58.6 Å². The minimum atomic E-state index is -0.562. The molecule has 0 saturated carbocycles. The molecule has 2 aromatic carbocycles. The highest BCUT2D eigenvalue weighted by Gasteiger charge is 2.02. The molecule has 0 radical (unpaired) electrons. The van der Waals surface area contributed by atoms with Crippen molar-refractivity contribution < 1.29 is 14.7 Å². The lowest BCUT2D eigenvalue weighted by Gasteiger charge is -2.12. The number of ether oxygens (including phenoxy) is 1. The molecule has 0 spiro atoms. The first-order chi connectivity index (χ1) is 11.6. The summed E-state index contributed by atoms with van der Waals surface area (Å²) in [7, 11) is 0. The third-order valence-electron chi connectivity index (χ3n) is 3.39. The van der Waals surface area contributed by atoms with Crippen molar-refractivity contribution >= 4 is 5.91 Å². The lowest BCUT2D eigenvalue weighted by Crippen LogP contribution is -2.15. The number of carbonyl (C=O) groups excluding carboxylic acids is 1. The van der Waals surface area contributed by atoms with Crippen molar-refractivity contribution in [2.45, 2.75) is 27.4 Å². The van der Waals surface area contributed by atoms with Gasteiger partial charge in [-0.3, -0.25) is 10.0 Å². The molecule has 0 aliphatic heterocycles. The Bertz CT molecular complexity index is 719. The van der Waals surface area contributed by atoms with Crippen LogP contribution >= 0.6 is 0 Å². The van der Waals surface area contributed by atoms with E-state index in [1.54, 1.807) is 11.6 Å². The van der Waals surface area contributed by atoms with E-state index in [2.05, 4.69) is 12.1 Å². The van der Waals surface area contributed by atoms with Crippen molar-refractivity contribution in [3.05, 3.63) is 78.4 Å². The fourth-order valence-electron chi connectivity index (χ4n) is 2.28. The second kappa shape index (κ2) is 10.1. The van der Waals surface area contributed by atoms with Crippen LogP contribution in [0, 0.1) is 0 Å². The van der Waals surface area contributed by atoms with Gasteiger partial charge in [-0.25, -0.2) is 5.48 Å². The summed E-state index contributed by atoms with van der Waals surface area (Å²) in [5, 5.41) is 8.43. The van der Waals surface area contributed by atoms with Crippen LogP contribution in [0.25, 0.3) is 11.1 Å². The van der Waals surface area contributed by atoms with Crippen molar-refractivity contribution in [3.63, 3.8) is 0 Å². The molecule has 2 rings (SSSR count). The minimum Gasteiger partial charge on any atom is -0.487 e. The molecule has 1 atom stereocenters. The Morgan fingerprint density at radius 1 is 1.04 bits per heavy atom. The summed E-state index contributed by atoms with van der Waals surface area (Å²) in [5.74, 6) is 0.219. The van der Waals surface area contributed by atoms with Gasteiger partial charge in [-0.2, -0.15) is 0 Å². The summed E-state index contributed by atoms with van der Waals surface area (Å²) >= 11 is 0. The highest BCUT2D eigenvalue weighted by Crippen LogP contribution is 2.22. The van der Waals surface area contributed by atoms with Crippen LogP contribution in [0.1, 0.15) is 21.3 Å². The molecule has 0 aliphatic rings. The van der Waals surface area contributed by atoms with Crippen LogP contribution in [-0.4, -0.2) is 17.2 Å². The van der Waals surface area contributed by atoms with E-state index in [1.807, 2.05) is 62.4 Å². The van der Waals surface area contributed by atoms with E-state index >= 15 is 0 Å². The minimum absolute atomic E-state index is 0. The van der Waals surface area contributed by atoms with Crippen molar-refractivity contribution in [2.24, 2.45) is 0 Å². The first-order valence-corrected chi connectivity index (χ1v) is 7.71. The molecule has 2 N–H and O–H groups in total. The van der Waals surface area contributed by atoms with Gasteiger partial charge in [0.05, 0.1) is 0 Å². The fraction of sp³-hybridized carbons (Fsp3) is 0.190. The van der Waals surface area contributed by atoms with Gasteiger partial charge < -0.3 is 4.74 Å². The smallest absolute Gasteiger partial charge is 0.267 e. The van der Waals surface area contributed by atoms with E-state index in [0.717, 1.165) is 16.9 Å². The SMILES string of the molecule is C.CC(/C=C/C(=O)NO)=C\[C@@H](C)Oc1ccc(-c2ccccc2)cc1. The number of rotatable bonds is 6. The quantitative estimate of drug-likeness (QED) is 0.345. The standard InChI is InChI=1S/C20H21NO3.CH4/c1-15(8-13-20(22)21-23)14-16(2)24-19-11-9-18(10-12-19)17-6-4-3-5-7-17;/h3-14,16,23H,1-2H3,(H,21,22);1H4/b13-8+,15-14+;/t16-;/m1./s1. The Kier molecular flexibility index (Phi) is 8.16. The monoisotopic (exact) mass is 339 g/mol. The molecular formula is C21H25NO3. The molecule has 0 bridgehead atoms. The van der Waals surface area contributed by atoms with Crippen LogP contribution in [-0.2, 0) is 4.79 Å². The van der Waals surface area contributed by atoms with Crippen LogP contribution in [0.5, 0.6) is 5.75 Å². The second-order valence-electron chi connectivity index (χ2n) is 5.43. The van der Waals surface area contributed by atoms with Gasteiger partial charge in [-0.05, 0) is 43.2 Å². The number of allylic oxidation sites excluding steroid dienone is 2. The maximum absolute atomic E-state index is 10.9. The molecule has 0 aromatic heterocycles. The van der Waals surface area contributed by atoms with E-state index in [4.69, 9.17) is 9.94 Å².